The lowest BCUT2D eigenvalue weighted by Gasteiger charge is -2.35. The van der Waals surface area contributed by atoms with Crippen molar-refractivity contribution in [2.45, 2.75) is 43.6 Å². The summed E-state index contributed by atoms with van der Waals surface area (Å²) in [6.07, 6.45) is 4.31. The minimum absolute atomic E-state index is 0.00680. The van der Waals surface area contributed by atoms with Crippen molar-refractivity contribution in [2.24, 2.45) is 15.2 Å². The van der Waals surface area contributed by atoms with Crippen molar-refractivity contribution in [3.05, 3.63) is 70.8 Å². The average Bonchev–Trinajstić information content (AvgIpc) is 3.54. The van der Waals surface area contributed by atoms with Crippen molar-refractivity contribution in [1.82, 2.24) is 10.2 Å². The highest BCUT2D eigenvalue weighted by Gasteiger charge is 2.44. The van der Waals surface area contributed by atoms with Gasteiger partial charge in [0.25, 0.3) is 0 Å². The van der Waals surface area contributed by atoms with Gasteiger partial charge in [-0.1, -0.05) is 48.5 Å². The number of amidine groups is 1. The number of carbonyl (C=O) groups excluding carboxylic acids is 1. The number of nitriles is 1. The summed E-state index contributed by atoms with van der Waals surface area (Å²) in [6.45, 7) is 1.87. The Kier molecular flexibility index (Phi) is 6.01. The summed E-state index contributed by atoms with van der Waals surface area (Å²) in [5.41, 5.74) is 4.56. The Morgan fingerprint density at radius 2 is 1.82 bits per heavy atom. The molecular formula is C26H28N6O. The fourth-order valence-electron chi connectivity index (χ4n) is 5.57. The van der Waals surface area contributed by atoms with E-state index in [1.807, 2.05) is 0 Å². The van der Waals surface area contributed by atoms with Gasteiger partial charge in [-0.15, -0.1) is 5.11 Å². The highest BCUT2D eigenvalue weighted by atomic mass is 16.2. The van der Waals surface area contributed by atoms with E-state index >= 15 is 0 Å². The molecule has 5 rings (SSSR count). The number of nitrogens with one attached hydrogen (secondary N) is 1. The predicted octanol–water partition coefficient (Wildman–Crippen LogP) is 3.39. The molecule has 7 nitrogen and oxygen atoms in total. The Bertz CT molecular complexity index is 1100. The van der Waals surface area contributed by atoms with Crippen molar-refractivity contribution in [1.29, 1.82) is 5.26 Å². The van der Waals surface area contributed by atoms with E-state index in [9.17, 15) is 10.1 Å². The third-order valence-corrected chi connectivity index (χ3v) is 7.12. The number of hydrogen-bond acceptors (Lipinski definition) is 6. The third-order valence-electron chi connectivity index (χ3n) is 7.12. The Hall–Kier alpha value is -3.37. The SMILES string of the molecule is N#C[C@@H]1CCCN1C(=O)CNCCC1(C2=NCN=N2)c2ccccc2CCc2ccccc21. The van der Waals surface area contributed by atoms with Crippen LogP contribution in [-0.2, 0) is 23.1 Å². The van der Waals surface area contributed by atoms with Gasteiger partial charge in [-0.3, -0.25) is 4.79 Å². The van der Waals surface area contributed by atoms with Gasteiger partial charge >= 0.3 is 0 Å². The van der Waals surface area contributed by atoms with Gasteiger partial charge in [0.15, 0.2) is 12.5 Å². The van der Waals surface area contributed by atoms with E-state index in [0.29, 0.717) is 26.2 Å². The van der Waals surface area contributed by atoms with E-state index in [4.69, 9.17) is 4.99 Å². The summed E-state index contributed by atoms with van der Waals surface area (Å²) in [7, 11) is 0. The lowest BCUT2D eigenvalue weighted by Crippen LogP contribution is -2.43. The molecule has 2 aromatic rings. The van der Waals surface area contributed by atoms with Gasteiger partial charge in [0.1, 0.15) is 6.04 Å². The summed E-state index contributed by atoms with van der Waals surface area (Å²) in [6, 6.07) is 19.1. The molecule has 0 spiro atoms. The molecule has 1 atom stereocenters. The van der Waals surface area contributed by atoms with Gasteiger partial charge < -0.3 is 10.2 Å². The van der Waals surface area contributed by atoms with Gasteiger partial charge in [-0.05, 0) is 60.9 Å². The zero-order chi connectivity index (χ0) is 22.7. The number of likely N-dealkylation sites (tertiary alicyclic amines) is 1. The van der Waals surface area contributed by atoms with Crippen LogP contribution in [-0.4, -0.2) is 49.0 Å². The number of carbonyl (C=O) groups is 1. The summed E-state index contributed by atoms with van der Waals surface area (Å²) in [5.74, 6) is 0.745. The van der Waals surface area contributed by atoms with Gasteiger partial charge in [-0.25, -0.2) is 4.99 Å². The number of fused-ring (bicyclic) bond motifs is 2. The number of nitrogens with zero attached hydrogens (tertiary/aromatic N) is 5. The average molecular weight is 441 g/mol. The van der Waals surface area contributed by atoms with E-state index in [1.165, 1.54) is 22.3 Å². The second kappa shape index (κ2) is 9.24. The Labute approximate surface area is 194 Å². The fraction of sp³-hybridized carbons (Fsp3) is 0.423. The summed E-state index contributed by atoms with van der Waals surface area (Å²) in [5, 5.41) is 21.4. The molecule has 2 aromatic carbocycles. The summed E-state index contributed by atoms with van der Waals surface area (Å²) >= 11 is 0. The Morgan fingerprint density at radius 3 is 2.45 bits per heavy atom. The molecule has 7 heteroatoms. The molecule has 1 fully saturated rings. The first-order chi connectivity index (χ1) is 16.2. The minimum Gasteiger partial charge on any atom is -0.326 e. The molecule has 2 heterocycles. The van der Waals surface area contributed by atoms with Crippen LogP contribution in [0.1, 0.15) is 41.5 Å². The summed E-state index contributed by atoms with van der Waals surface area (Å²) < 4.78 is 0. The highest BCUT2D eigenvalue weighted by molar-refractivity contribution is 5.98. The molecule has 1 saturated heterocycles. The van der Waals surface area contributed by atoms with Gasteiger partial charge in [0.05, 0.1) is 18.0 Å². The molecule has 0 saturated carbocycles. The van der Waals surface area contributed by atoms with Gasteiger partial charge in [0, 0.05) is 6.54 Å². The van der Waals surface area contributed by atoms with Gasteiger partial charge in [-0.2, -0.15) is 10.4 Å². The molecule has 0 bridgehead atoms. The monoisotopic (exact) mass is 440 g/mol. The number of aliphatic imine (C=N–C) groups is 1. The summed E-state index contributed by atoms with van der Waals surface area (Å²) in [4.78, 5) is 19.1. The molecule has 1 aliphatic carbocycles. The standard InChI is InChI=1S/C26H28N6O/c27-16-21-8-5-15-32(21)24(33)17-28-14-13-26(25-29-18-30-31-25)22-9-3-1-6-19(22)11-12-20-7-2-4-10-23(20)26/h1-4,6-7,9-10,21,28H,5,8,11-15,17-18H2/t21-/m0/s1. The molecule has 168 valence electrons. The molecule has 0 radical (unpaired) electrons. The fourth-order valence-corrected chi connectivity index (χ4v) is 5.57. The van der Waals surface area contributed by atoms with Crippen molar-refractivity contribution in [3.8, 4) is 6.07 Å². The van der Waals surface area contributed by atoms with Crippen LogP contribution < -0.4 is 5.32 Å². The molecular weight excluding hydrogens is 412 g/mol. The normalized spacial score (nSPS) is 20.5. The van der Waals surface area contributed by atoms with E-state index in [-0.39, 0.29) is 18.5 Å². The maximum absolute atomic E-state index is 12.7. The number of hydrogen-bond donors (Lipinski definition) is 1. The predicted molar refractivity (Wildman–Crippen MR) is 126 cm³/mol. The van der Waals surface area contributed by atoms with Crippen LogP contribution in [0.5, 0.6) is 0 Å². The Morgan fingerprint density at radius 1 is 1.12 bits per heavy atom. The van der Waals surface area contributed by atoms with Crippen LogP contribution in [0.3, 0.4) is 0 Å². The van der Waals surface area contributed by atoms with E-state index < -0.39 is 5.41 Å². The third kappa shape index (κ3) is 3.85. The molecule has 1 amide bonds. The zero-order valence-corrected chi connectivity index (χ0v) is 18.7. The Balaban J connectivity index is 1.45. The van der Waals surface area contributed by atoms with Crippen molar-refractivity contribution >= 4 is 11.7 Å². The van der Waals surface area contributed by atoms with Crippen LogP contribution in [0.25, 0.3) is 0 Å². The quantitative estimate of drug-likeness (QED) is 0.698. The number of aryl methyl sites for hydroxylation is 2. The largest absolute Gasteiger partial charge is 0.326 e. The molecule has 2 aliphatic heterocycles. The second-order valence-electron chi connectivity index (χ2n) is 8.89. The molecule has 1 N–H and O–H groups in total. The first-order valence-electron chi connectivity index (χ1n) is 11.7. The lowest BCUT2D eigenvalue weighted by atomic mass is 9.69. The molecule has 0 unspecified atom stereocenters. The highest BCUT2D eigenvalue weighted by Crippen LogP contribution is 2.44. The van der Waals surface area contributed by atoms with E-state index in [0.717, 1.165) is 31.5 Å². The minimum atomic E-state index is -0.511. The van der Waals surface area contributed by atoms with Crippen LogP contribution in [0.15, 0.2) is 63.8 Å². The zero-order valence-electron chi connectivity index (χ0n) is 18.7. The van der Waals surface area contributed by atoms with Gasteiger partial charge in [0.2, 0.25) is 5.91 Å². The number of amides is 1. The topological polar surface area (TPSA) is 93.2 Å². The number of rotatable bonds is 6. The van der Waals surface area contributed by atoms with Crippen molar-refractivity contribution in [3.63, 3.8) is 0 Å². The molecule has 33 heavy (non-hydrogen) atoms. The first-order valence-corrected chi connectivity index (χ1v) is 11.7. The maximum Gasteiger partial charge on any atom is 0.237 e. The molecule has 0 aromatic heterocycles. The number of azo groups is 1. The lowest BCUT2D eigenvalue weighted by molar-refractivity contribution is -0.130. The number of benzene rings is 2. The van der Waals surface area contributed by atoms with E-state index in [1.54, 1.807) is 4.90 Å². The van der Waals surface area contributed by atoms with Crippen molar-refractivity contribution < 1.29 is 4.79 Å². The first kappa shape index (κ1) is 21.5. The maximum atomic E-state index is 12.7. The van der Waals surface area contributed by atoms with Crippen LogP contribution >= 0.6 is 0 Å². The smallest absolute Gasteiger partial charge is 0.237 e. The van der Waals surface area contributed by atoms with Crippen LogP contribution in [0, 0.1) is 11.3 Å². The second-order valence-corrected chi connectivity index (χ2v) is 8.89. The molecule has 3 aliphatic rings. The van der Waals surface area contributed by atoms with Crippen molar-refractivity contribution in [2.75, 3.05) is 26.3 Å². The van der Waals surface area contributed by atoms with Crippen LogP contribution in [0.2, 0.25) is 0 Å². The van der Waals surface area contributed by atoms with Crippen LogP contribution in [0.4, 0.5) is 0 Å². The van der Waals surface area contributed by atoms with E-state index in [2.05, 4.69) is 70.1 Å².